The fraction of sp³-hybridized carbons (Fsp3) is 0.414. The average molecular weight is 575 g/mol. The van der Waals surface area contributed by atoms with Crippen molar-refractivity contribution in [2.24, 2.45) is 10.2 Å². The quantitative estimate of drug-likeness (QED) is 0.104. The van der Waals surface area contributed by atoms with Gasteiger partial charge in [0.1, 0.15) is 18.4 Å². The predicted molar refractivity (Wildman–Crippen MR) is 158 cm³/mol. The summed E-state index contributed by atoms with van der Waals surface area (Å²) in [5.41, 5.74) is 19.2. The zero-order valence-corrected chi connectivity index (χ0v) is 22.9. The SMILES string of the molecule is C.C=C[C@@H](OCc1ccccc1)[C@H](F)CN=[N+]=[N-].CC=C(C)C.[N-]=[N+]=NC[C@@H](F)[C@H](OCc1ccccc1)C(=O)O. The Labute approximate surface area is 240 Å². The molecule has 0 aliphatic rings. The first-order valence-electron chi connectivity index (χ1n) is 12.3. The van der Waals surface area contributed by atoms with E-state index in [1.807, 2.05) is 37.3 Å². The number of carbonyl (C=O) groups is 1. The molecule has 0 fully saturated rings. The molecule has 12 heteroatoms. The van der Waals surface area contributed by atoms with E-state index >= 15 is 0 Å². The molecule has 10 nitrogen and oxygen atoms in total. The van der Waals surface area contributed by atoms with Gasteiger partial charge >= 0.3 is 5.97 Å². The molecule has 0 saturated carbocycles. The number of benzene rings is 2. The summed E-state index contributed by atoms with van der Waals surface area (Å²) in [5.74, 6) is -1.42. The van der Waals surface area contributed by atoms with Crippen LogP contribution in [0.25, 0.3) is 20.9 Å². The summed E-state index contributed by atoms with van der Waals surface area (Å²) in [6.07, 6.45) is -2.19. The molecule has 41 heavy (non-hydrogen) atoms. The van der Waals surface area contributed by atoms with Crippen molar-refractivity contribution in [1.82, 2.24) is 0 Å². The number of nitrogens with zero attached hydrogens (tertiary/aromatic N) is 6. The highest BCUT2D eigenvalue weighted by Gasteiger charge is 2.28. The van der Waals surface area contributed by atoms with Crippen molar-refractivity contribution in [2.45, 2.75) is 66.0 Å². The highest BCUT2D eigenvalue weighted by Crippen LogP contribution is 2.11. The van der Waals surface area contributed by atoms with Crippen LogP contribution in [0.5, 0.6) is 0 Å². The van der Waals surface area contributed by atoms with Crippen LogP contribution in [0, 0.1) is 0 Å². The molecule has 0 bridgehead atoms. The summed E-state index contributed by atoms with van der Waals surface area (Å²) >= 11 is 0. The van der Waals surface area contributed by atoms with E-state index < -0.39 is 37.1 Å². The molecule has 0 amide bonds. The van der Waals surface area contributed by atoms with Gasteiger partial charge in [-0.15, -0.1) is 6.58 Å². The van der Waals surface area contributed by atoms with Gasteiger partial charge in [-0.25, -0.2) is 13.6 Å². The number of carboxylic acids is 1. The lowest BCUT2D eigenvalue weighted by atomic mass is 10.2. The standard InChI is InChI=1S/C12H14FN3O.C11H12FN3O3.C5H10.CH4/c1-2-12(11(13)8-15-16-14)17-9-10-6-4-3-5-7-10;12-9(6-14-15-13)10(11(16)17)18-7-8-4-2-1-3-5-8;1-4-5(2)3;/h2-7,11-12H,1,8-9H2;1-5,9-10H,6-7H2,(H,16,17);4H,1-3H3;1H4/t11-,12-;9-,10+;;/m11../s1. The van der Waals surface area contributed by atoms with Crippen molar-refractivity contribution in [1.29, 1.82) is 0 Å². The Morgan fingerprint density at radius 3 is 1.71 bits per heavy atom. The van der Waals surface area contributed by atoms with Crippen LogP contribution in [-0.2, 0) is 27.5 Å². The molecular weight excluding hydrogens is 534 g/mol. The molecular formula is C29H40F2N6O4. The number of hydrogen-bond donors (Lipinski definition) is 1. The second kappa shape index (κ2) is 24.8. The van der Waals surface area contributed by atoms with Gasteiger partial charge in [-0.05, 0) is 43.0 Å². The van der Waals surface area contributed by atoms with Crippen LogP contribution in [0.2, 0.25) is 0 Å². The van der Waals surface area contributed by atoms with Crippen LogP contribution in [0.15, 0.2) is 95.2 Å². The normalized spacial score (nSPS) is 12.3. The van der Waals surface area contributed by atoms with Crippen LogP contribution >= 0.6 is 0 Å². The summed E-state index contributed by atoms with van der Waals surface area (Å²) in [6.45, 7) is 9.17. The number of azide groups is 2. The number of allylic oxidation sites excluding steroid dienone is 2. The molecule has 0 aliphatic heterocycles. The van der Waals surface area contributed by atoms with Gasteiger partial charge in [-0.1, -0.05) is 96.0 Å². The Balaban J connectivity index is 0. The lowest BCUT2D eigenvalue weighted by Gasteiger charge is -2.16. The molecule has 1 N–H and O–H groups in total. The first-order valence-corrected chi connectivity index (χ1v) is 12.3. The van der Waals surface area contributed by atoms with Gasteiger partial charge in [-0.2, -0.15) is 0 Å². The second-order valence-electron chi connectivity index (χ2n) is 8.28. The summed E-state index contributed by atoms with van der Waals surface area (Å²) in [5, 5.41) is 15.0. The average Bonchev–Trinajstić information content (AvgIpc) is 2.97. The van der Waals surface area contributed by atoms with Crippen LogP contribution in [0.1, 0.15) is 39.3 Å². The van der Waals surface area contributed by atoms with Crippen molar-refractivity contribution in [3.05, 3.63) is 117 Å². The highest BCUT2D eigenvalue weighted by atomic mass is 19.1. The van der Waals surface area contributed by atoms with Gasteiger partial charge in [-0.3, -0.25) is 0 Å². The van der Waals surface area contributed by atoms with Gasteiger partial charge in [0.05, 0.1) is 26.3 Å². The molecule has 0 aliphatic carbocycles. The maximum Gasteiger partial charge on any atom is 0.335 e. The molecule has 0 saturated heterocycles. The fourth-order valence-corrected chi connectivity index (χ4v) is 2.61. The molecule has 0 unspecified atom stereocenters. The topological polar surface area (TPSA) is 153 Å². The maximum atomic E-state index is 13.5. The minimum Gasteiger partial charge on any atom is -0.479 e. The maximum absolute atomic E-state index is 13.5. The molecule has 2 aromatic rings. The van der Waals surface area contributed by atoms with Gasteiger partial charge in [0.25, 0.3) is 0 Å². The minimum absolute atomic E-state index is 0. The number of ether oxygens (including phenoxy) is 2. The Morgan fingerprint density at radius 1 is 0.927 bits per heavy atom. The third-order valence-corrected chi connectivity index (χ3v) is 4.93. The van der Waals surface area contributed by atoms with Gasteiger partial charge in [0.15, 0.2) is 6.10 Å². The van der Waals surface area contributed by atoms with Crippen LogP contribution in [0.4, 0.5) is 8.78 Å². The predicted octanol–water partition coefficient (Wildman–Crippen LogP) is 8.32. The van der Waals surface area contributed by atoms with E-state index in [2.05, 4.69) is 46.6 Å². The Hall–Kier alpha value is -4.21. The van der Waals surface area contributed by atoms with Crippen molar-refractivity contribution >= 4 is 5.97 Å². The monoisotopic (exact) mass is 574 g/mol. The summed E-state index contributed by atoms with van der Waals surface area (Å²) in [6, 6.07) is 18.2. The lowest BCUT2D eigenvalue weighted by molar-refractivity contribution is -0.155. The van der Waals surface area contributed by atoms with E-state index in [1.54, 1.807) is 30.3 Å². The molecule has 2 aromatic carbocycles. The van der Waals surface area contributed by atoms with E-state index in [9.17, 15) is 13.6 Å². The number of carboxylic acid groups (broad SMARTS) is 1. The Morgan fingerprint density at radius 2 is 1.34 bits per heavy atom. The molecule has 4 atom stereocenters. The van der Waals surface area contributed by atoms with Gasteiger partial charge < -0.3 is 14.6 Å². The van der Waals surface area contributed by atoms with Crippen molar-refractivity contribution in [3.63, 3.8) is 0 Å². The fourth-order valence-electron chi connectivity index (χ4n) is 2.61. The molecule has 224 valence electrons. The smallest absolute Gasteiger partial charge is 0.335 e. The lowest BCUT2D eigenvalue weighted by Crippen LogP contribution is -2.35. The second-order valence-corrected chi connectivity index (χ2v) is 8.28. The van der Waals surface area contributed by atoms with Crippen molar-refractivity contribution in [2.75, 3.05) is 13.1 Å². The number of hydrogen-bond acceptors (Lipinski definition) is 5. The number of halogens is 2. The first kappa shape index (κ1) is 38.9. The Kier molecular flexibility index (Phi) is 23.6. The molecule has 0 radical (unpaired) electrons. The summed E-state index contributed by atoms with van der Waals surface area (Å²) < 4.78 is 37.3. The third-order valence-electron chi connectivity index (χ3n) is 4.93. The summed E-state index contributed by atoms with van der Waals surface area (Å²) in [4.78, 5) is 15.7. The van der Waals surface area contributed by atoms with E-state index in [0.717, 1.165) is 11.1 Å². The van der Waals surface area contributed by atoms with E-state index in [-0.39, 0.29) is 20.6 Å². The molecule has 0 spiro atoms. The number of alkyl halides is 2. The van der Waals surface area contributed by atoms with Crippen LogP contribution in [0.3, 0.4) is 0 Å². The first-order chi connectivity index (χ1) is 19.2. The van der Waals surface area contributed by atoms with Crippen LogP contribution in [-0.4, -0.2) is 48.7 Å². The van der Waals surface area contributed by atoms with E-state index in [1.165, 1.54) is 11.6 Å². The van der Waals surface area contributed by atoms with Crippen LogP contribution < -0.4 is 0 Å². The van der Waals surface area contributed by atoms with Crippen molar-refractivity contribution in [3.8, 4) is 0 Å². The summed E-state index contributed by atoms with van der Waals surface area (Å²) in [7, 11) is 0. The third kappa shape index (κ3) is 19.5. The number of aliphatic carboxylic acids is 1. The molecule has 0 heterocycles. The molecule has 2 rings (SSSR count). The van der Waals surface area contributed by atoms with Crippen molar-refractivity contribution < 1.29 is 28.2 Å². The minimum atomic E-state index is -1.87. The molecule has 0 aromatic heterocycles. The van der Waals surface area contributed by atoms with Gasteiger partial charge in [0.2, 0.25) is 0 Å². The zero-order chi connectivity index (χ0) is 30.2. The van der Waals surface area contributed by atoms with Gasteiger partial charge in [0, 0.05) is 9.82 Å². The zero-order valence-electron chi connectivity index (χ0n) is 22.9. The van der Waals surface area contributed by atoms with E-state index in [0.29, 0.717) is 6.61 Å². The largest absolute Gasteiger partial charge is 0.479 e. The van der Waals surface area contributed by atoms with E-state index in [4.69, 9.17) is 25.6 Å². The number of rotatable bonds is 14. The highest BCUT2D eigenvalue weighted by molar-refractivity contribution is 5.73. The Bertz CT molecular complexity index is 1100.